The van der Waals surface area contributed by atoms with Crippen LogP contribution >= 0.6 is 11.6 Å². The molecular weight excluding hydrogens is 353 g/mol. The Morgan fingerprint density at radius 2 is 2.04 bits per heavy atom. The number of carbonyl (C=O) groups excluding carboxylic acids is 1. The monoisotopic (exact) mass is 375 g/mol. The molecule has 0 amide bonds. The highest BCUT2D eigenvalue weighted by Crippen LogP contribution is 2.26. The number of aryl methyl sites for hydroxylation is 2. The second-order valence-corrected chi connectivity index (χ2v) is 6.53. The van der Waals surface area contributed by atoms with Crippen molar-refractivity contribution in [3.05, 3.63) is 57.9 Å². The van der Waals surface area contributed by atoms with Crippen LogP contribution in [-0.4, -0.2) is 37.2 Å². The topological polar surface area (TPSA) is 44.7 Å². The molecule has 0 aliphatic carbocycles. The average molecular weight is 376 g/mol. The van der Waals surface area contributed by atoms with Gasteiger partial charge in [0, 0.05) is 19.2 Å². The summed E-state index contributed by atoms with van der Waals surface area (Å²) >= 11 is 5.90. The van der Waals surface area contributed by atoms with Crippen molar-refractivity contribution in [2.75, 3.05) is 25.5 Å². The predicted octanol–water partition coefficient (Wildman–Crippen LogP) is 5.00. The van der Waals surface area contributed by atoms with Crippen LogP contribution in [0, 0.1) is 19.7 Å². The van der Waals surface area contributed by atoms with Gasteiger partial charge in [0.2, 0.25) is 0 Å². The van der Waals surface area contributed by atoms with Crippen molar-refractivity contribution in [2.45, 2.75) is 20.8 Å². The number of nitrogens with zero attached hydrogens (tertiary/aromatic N) is 2. The molecule has 2 aromatic rings. The maximum Gasteiger partial charge on any atom is 0.182 e. The largest absolute Gasteiger partial charge is 0.376 e. The lowest BCUT2D eigenvalue weighted by molar-refractivity contribution is 0.101. The Balaban J connectivity index is 2.15. The van der Waals surface area contributed by atoms with Crippen LogP contribution in [0.3, 0.4) is 0 Å². The van der Waals surface area contributed by atoms with Crippen molar-refractivity contribution >= 4 is 35.1 Å². The molecule has 0 unspecified atom stereocenters. The third-order valence-electron chi connectivity index (χ3n) is 4.13. The highest BCUT2D eigenvalue weighted by Gasteiger charge is 2.13. The Morgan fingerprint density at radius 3 is 2.73 bits per heavy atom. The van der Waals surface area contributed by atoms with Crippen LogP contribution in [0.1, 0.15) is 28.4 Å². The van der Waals surface area contributed by atoms with Crippen LogP contribution in [0.2, 0.25) is 5.02 Å². The molecule has 6 heteroatoms. The third-order valence-corrected chi connectivity index (χ3v) is 4.51. The van der Waals surface area contributed by atoms with E-state index in [2.05, 4.69) is 10.3 Å². The predicted molar refractivity (Wildman–Crippen MR) is 107 cm³/mol. The first-order chi connectivity index (χ1) is 12.3. The number of ketones is 1. The molecule has 0 radical (unpaired) electrons. The second kappa shape index (κ2) is 8.81. The van der Waals surface area contributed by atoms with E-state index in [1.807, 2.05) is 44.9 Å². The van der Waals surface area contributed by atoms with Crippen LogP contribution in [0.25, 0.3) is 0 Å². The summed E-state index contributed by atoms with van der Waals surface area (Å²) in [7, 11) is 1.95. The van der Waals surface area contributed by atoms with Gasteiger partial charge in [-0.05, 0) is 56.2 Å². The van der Waals surface area contributed by atoms with Gasteiger partial charge >= 0.3 is 0 Å². The number of hydrogen-bond donors (Lipinski definition) is 1. The van der Waals surface area contributed by atoms with E-state index >= 15 is 0 Å². The van der Waals surface area contributed by atoms with Crippen molar-refractivity contribution in [1.29, 1.82) is 0 Å². The van der Waals surface area contributed by atoms with E-state index < -0.39 is 5.82 Å². The molecule has 0 aromatic heterocycles. The van der Waals surface area contributed by atoms with Gasteiger partial charge in [-0.15, -0.1) is 0 Å². The number of anilines is 1. The number of rotatable bonds is 7. The SMILES string of the molecule is CCN(C)C=Nc1cc(C)c(C(=O)CNc2cccc(F)c2Cl)cc1C. The minimum atomic E-state index is -0.518. The molecule has 26 heavy (non-hydrogen) atoms. The molecule has 138 valence electrons. The molecule has 0 spiro atoms. The summed E-state index contributed by atoms with van der Waals surface area (Å²) in [4.78, 5) is 19.0. The number of aliphatic imine (C=N–C) groups is 1. The first-order valence-electron chi connectivity index (χ1n) is 8.40. The Hall–Kier alpha value is -2.40. The van der Waals surface area contributed by atoms with Crippen molar-refractivity contribution < 1.29 is 9.18 Å². The fraction of sp³-hybridized carbons (Fsp3) is 0.300. The number of halogens is 2. The number of Topliss-reactive ketones (excluding diaryl/α,β-unsaturated/α-hetero) is 1. The minimum absolute atomic E-state index is 0.0158. The zero-order valence-electron chi connectivity index (χ0n) is 15.4. The van der Waals surface area contributed by atoms with Gasteiger partial charge in [0.15, 0.2) is 5.78 Å². The Labute approximate surface area is 158 Å². The normalized spacial score (nSPS) is 11.0. The number of nitrogens with one attached hydrogen (secondary N) is 1. The summed E-state index contributed by atoms with van der Waals surface area (Å²) in [6, 6.07) is 8.20. The van der Waals surface area contributed by atoms with Gasteiger partial charge in [0.1, 0.15) is 5.82 Å². The third kappa shape index (κ3) is 4.82. The van der Waals surface area contributed by atoms with Gasteiger partial charge in [-0.3, -0.25) is 4.79 Å². The molecule has 0 atom stereocenters. The van der Waals surface area contributed by atoms with Crippen LogP contribution in [0.15, 0.2) is 35.3 Å². The average Bonchev–Trinajstić information content (AvgIpc) is 2.62. The maximum atomic E-state index is 13.5. The number of hydrogen-bond acceptors (Lipinski definition) is 3. The highest BCUT2D eigenvalue weighted by molar-refractivity contribution is 6.33. The summed E-state index contributed by atoms with van der Waals surface area (Å²) in [5.41, 5.74) is 3.62. The molecule has 0 heterocycles. The lowest BCUT2D eigenvalue weighted by Crippen LogP contribution is -2.16. The fourth-order valence-corrected chi connectivity index (χ4v) is 2.59. The molecular formula is C20H23ClFN3O. The van der Waals surface area contributed by atoms with Gasteiger partial charge in [0.25, 0.3) is 0 Å². The van der Waals surface area contributed by atoms with E-state index in [1.54, 1.807) is 18.5 Å². The summed E-state index contributed by atoms with van der Waals surface area (Å²) in [5.74, 6) is -0.609. The molecule has 0 saturated heterocycles. The molecule has 0 fully saturated rings. The first-order valence-corrected chi connectivity index (χ1v) is 8.78. The van der Waals surface area contributed by atoms with E-state index in [9.17, 15) is 9.18 Å². The Bertz CT molecular complexity index is 836. The van der Waals surface area contributed by atoms with E-state index in [0.717, 1.165) is 23.4 Å². The molecule has 0 aliphatic rings. The van der Waals surface area contributed by atoms with E-state index in [1.165, 1.54) is 6.07 Å². The van der Waals surface area contributed by atoms with Crippen molar-refractivity contribution in [3.63, 3.8) is 0 Å². The van der Waals surface area contributed by atoms with Crippen molar-refractivity contribution in [2.24, 2.45) is 4.99 Å². The number of carbonyl (C=O) groups is 1. The van der Waals surface area contributed by atoms with E-state index in [0.29, 0.717) is 11.3 Å². The molecule has 1 N–H and O–H groups in total. The van der Waals surface area contributed by atoms with E-state index in [-0.39, 0.29) is 17.4 Å². The summed E-state index contributed by atoms with van der Waals surface area (Å²) in [6.07, 6.45) is 1.77. The van der Waals surface area contributed by atoms with Crippen LogP contribution in [0.4, 0.5) is 15.8 Å². The molecule has 0 aliphatic heterocycles. The summed E-state index contributed by atoms with van der Waals surface area (Å²) in [6.45, 7) is 6.75. The molecule has 4 nitrogen and oxygen atoms in total. The van der Waals surface area contributed by atoms with Gasteiger partial charge in [0.05, 0.1) is 29.3 Å². The lowest BCUT2D eigenvalue weighted by atomic mass is 10.0. The molecule has 0 bridgehead atoms. The van der Waals surface area contributed by atoms with Crippen LogP contribution < -0.4 is 5.32 Å². The van der Waals surface area contributed by atoms with Gasteiger partial charge in [-0.25, -0.2) is 9.38 Å². The second-order valence-electron chi connectivity index (χ2n) is 6.15. The maximum absolute atomic E-state index is 13.5. The molecule has 0 saturated carbocycles. The fourth-order valence-electron chi connectivity index (χ4n) is 2.39. The Kier molecular flexibility index (Phi) is 6.75. The minimum Gasteiger partial charge on any atom is -0.376 e. The Morgan fingerprint density at radius 1 is 1.31 bits per heavy atom. The smallest absolute Gasteiger partial charge is 0.182 e. The zero-order valence-corrected chi connectivity index (χ0v) is 16.2. The van der Waals surface area contributed by atoms with Crippen molar-refractivity contribution in [3.8, 4) is 0 Å². The van der Waals surface area contributed by atoms with Gasteiger partial charge in [-0.2, -0.15) is 0 Å². The summed E-state index contributed by atoms with van der Waals surface area (Å²) < 4.78 is 13.5. The zero-order chi connectivity index (χ0) is 19.3. The van der Waals surface area contributed by atoms with Crippen molar-refractivity contribution in [1.82, 2.24) is 4.90 Å². The first kappa shape index (κ1) is 19.9. The van der Waals surface area contributed by atoms with Gasteiger partial charge < -0.3 is 10.2 Å². The lowest BCUT2D eigenvalue weighted by Gasteiger charge is -2.12. The number of benzene rings is 2. The molecule has 2 rings (SSSR count). The van der Waals surface area contributed by atoms with Crippen LogP contribution in [-0.2, 0) is 0 Å². The van der Waals surface area contributed by atoms with Crippen LogP contribution in [0.5, 0.6) is 0 Å². The highest BCUT2D eigenvalue weighted by atomic mass is 35.5. The standard InChI is InChI=1S/C20H23ClFN3O/c1-5-25(4)12-24-18-10-13(2)15(9-14(18)3)19(26)11-23-17-8-6-7-16(22)20(17)21/h6-10,12,23H,5,11H2,1-4H3. The molecule has 2 aromatic carbocycles. The van der Waals surface area contributed by atoms with E-state index in [4.69, 9.17) is 11.6 Å². The quantitative estimate of drug-likeness (QED) is 0.420. The summed E-state index contributed by atoms with van der Waals surface area (Å²) in [5, 5.41) is 2.89. The van der Waals surface area contributed by atoms with Gasteiger partial charge in [-0.1, -0.05) is 17.7 Å².